The molecular weight excluding hydrogens is 320 g/mol. The molecule has 0 unspecified atom stereocenters. The monoisotopic (exact) mass is 342 g/mol. The minimum Gasteiger partial charge on any atom is -0.497 e. The van der Waals surface area contributed by atoms with Gasteiger partial charge in [-0.2, -0.15) is 0 Å². The van der Waals surface area contributed by atoms with Gasteiger partial charge in [-0.05, 0) is 73.5 Å². The van der Waals surface area contributed by atoms with Gasteiger partial charge in [0.15, 0.2) is 0 Å². The van der Waals surface area contributed by atoms with Crippen LogP contribution < -0.4 is 9.47 Å². The summed E-state index contributed by atoms with van der Waals surface area (Å²) in [6.07, 6.45) is 0. The molecule has 0 aliphatic rings. The zero-order valence-electron chi connectivity index (χ0n) is 14.9. The van der Waals surface area contributed by atoms with Gasteiger partial charge in [0.2, 0.25) is 0 Å². The molecule has 2 rings (SSSR count). The molecule has 0 spiro atoms. The molecule has 0 aliphatic carbocycles. The number of nitrogens with zero attached hydrogens (tertiary/aromatic N) is 2. The quantitative estimate of drug-likeness (QED) is 0.316. The third kappa shape index (κ3) is 5.53. The zero-order chi connectivity index (χ0) is 18.1. The van der Waals surface area contributed by atoms with E-state index >= 15 is 0 Å². The van der Waals surface area contributed by atoms with Crippen LogP contribution in [0, 0.1) is 0 Å². The number of hydrogen-bond acceptors (Lipinski definition) is 6. The molecular formula is C19H22N2O4. The molecule has 0 bridgehead atoms. The molecule has 0 saturated carbocycles. The van der Waals surface area contributed by atoms with Crippen molar-refractivity contribution in [2.24, 2.45) is 10.3 Å². The Bertz CT molecular complexity index is 659. The molecule has 2 aromatic rings. The van der Waals surface area contributed by atoms with E-state index in [0.29, 0.717) is 0 Å². The number of methoxy groups -OCH3 is 2. The first-order valence-corrected chi connectivity index (χ1v) is 7.76. The first-order valence-electron chi connectivity index (χ1n) is 7.76. The van der Waals surface area contributed by atoms with Crippen molar-refractivity contribution in [3.05, 3.63) is 59.7 Å². The van der Waals surface area contributed by atoms with Gasteiger partial charge in [0.05, 0.1) is 25.6 Å². The minimum absolute atomic E-state index is 0.0685. The van der Waals surface area contributed by atoms with Gasteiger partial charge in [-0.25, -0.2) is 0 Å². The minimum atomic E-state index is -0.0685. The van der Waals surface area contributed by atoms with Gasteiger partial charge in [-0.15, -0.1) is 0 Å². The van der Waals surface area contributed by atoms with Crippen LogP contribution in [0.5, 0.6) is 11.5 Å². The second-order valence-electron chi connectivity index (χ2n) is 5.19. The van der Waals surface area contributed by atoms with E-state index in [4.69, 9.17) is 19.1 Å². The summed E-state index contributed by atoms with van der Waals surface area (Å²) in [5.74, 6) is 1.59. The summed E-state index contributed by atoms with van der Waals surface area (Å²) in [7, 11) is 3.26. The predicted molar refractivity (Wildman–Crippen MR) is 97.4 cm³/mol. The molecule has 0 heterocycles. The molecule has 6 nitrogen and oxygen atoms in total. The van der Waals surface area contributed by atoms with E-state index < -0.39 is 0 Å². The van der Waals surface area contributed by atoms with E-state index in [-0.39, 0.29) is 6.79 Å². The summed E-state index contributed by atoms with van der Waals surface area (Å²) in [6.45, 7) is 3.64. The molecule has 0 aliphatic heterocycles. The summed E-state index contributed by atoms with van der Waals surface area (Å²) in [6, 6.07) is 15.1. The molecule has 0 atom stereocenters. The standard InChI is InChI=1S/C19H22N2O4/c1-14(16-5-9-18(22-3)10-6-16)20-24-13-25-21-15(2)17-7-11-19(23-4)12-8-17/h5-12H,13H2,1-4H3/b20-14-,21-15-. The molecule has 0 amide bonds. The van der Waals surface area contributed by atoms with Crippen molar-refractivity contribution in [1.82, 2.24) is 0 Å². The van der Waals surface area contributed by atoms with Crippen molar-refractivity contribution in [2.75, 3.05) is 21.0 Å². The Morgan fingerprint density at radius 3 is 1.36 bits per heavy atom. The number of hydrogen-bond donors (Lipinski definition) is 0. The SMILES string of the molecule is COc1ccc(/C(C)=N\OCO/N=C(/C)c2ccc(OC)cc2)cc1. The van der Waals surface area contributed by atoms with Gasteiger partial charge in [0.25, 0.3) is 6.79 Å². The Labute approximate surface area is 147 Å². The lowest BCUT2D eigenvalue weighted by Gasteiger charge is -2.05. The third-order valence-electron chi connectivity index (χ3n) is 3.52. The van der Waals surface area contributed by atoms with E-state index in [0.717, 1.165) is 34.0 Å². The molecule has 132 valence electrons. The summed E-state index contributed by atoms with van der Waals surface area (Å²) < 4.78 is 10.2. The maximum Gasteiger partial charge on any atom is 0.280 e. The lowest BCUT2D eigenvalue weighted by molar-refractivity contribution is -0.0505. The second kappa shape index (κ2) is 9.32. The highest BCUT2D eigenvalue weighted by atomic mass is 16.8. The maximum absolute atomic E-state index is 5.14. The van der Waals surface area contributed by atoms with Crippen LogP contribution in [0.3, 0.4) is 0 Å². The Kier molecular flexibility index (Phi) is 6.83. The topological polar surface area (TPSA) is 61.6 Å². The summed E-state index contributed by atoms with van der Waals surface area (Å²) in [5, 5.41) is 8.01. The third-order valence-corrected chi connectivity index (χ3v) is 3.52. The zero-order valence-corrected chi connectivity index (χ0v) is 14.9. The Hall–Kier alpha value is -3.02. The number of rotatable bonds is 8. The van der Waals surface area contributed by atoms with Crippen molar-refractivity contribution < 1.29 is 19.1 Å². The molecule has 0 aromatic heterocycles. The van der Waals surface area contributed by atoms with Crippen molar-refractivity contribution in [2.45, 2.75) is 13.8 Å². The Balaban J connectivity index is 1.82. The predicted octanol–water partition coefficient (Wildman–Crippen LogP) is 3.84. The van der Waals surface area contributed by atoms with Crippen molar-refractivity contribution >= 4 is 11.4 Å². The Morgan fingerprint density at radius 2 is 1.04 bits per heavy atom. The van der Waals surface area contributed by atoms with Crippen molar-refractivity contribution in [1.29, 1.82) is 0 Å². The van der Waals surface area contributed by atoms with Crippen LogP contribution in [0.1, 0.15) is 25.0 Å². The molecule has 0 radical (unpaired) electrons. The van der Waals surface area contributed by atoms with Crippen LogP contribution >= 0.6 is 0 Å². The highest BCUT2D eigenvalue weighted by molar-refractivity contribution is 5.98. The molecule has 2 aromatic carbocycles. The van der Waals surface area contributed by atoms with Gasteiger partial charge >= 0.3 is 0 Å². The fourth-order valence-corrected chi connectivity index (χ4v) is 2.04. The van der Waals surface area contributed by atoms with E-state index in [1.165, 1.54) is 0 Å². The van der Waals surface area contributed by atoms with Crippen LogP contribution in [0.25, 0.3) is 0 Å². The Morgan fingerprint density at radius 1 is 0.680 bits per heavy atom. The summed E-state index contributed by atoms with van der Waals surface area (Å²) in [5.41, 5.74) is 3.36. The van der Waals surface area contributed by atoms with E-state index in [9.17, 15) is 0 Å². The van der Waals surface area contributed by atoms with Crippen LogP contribution in [0.4, 0.5) is 0 Å². The molecule has 25 heavy (non-hydrogen) atoms. The molecule has 0 fully saturated rings. The fourth-order valence-electron chi connectivity index (χ4n) is 2.04. The van der Waals surface area contributed by atoms with E-state index in [2.05, 4.69) is 10.3 Å². The average Bonchev–Trinajstić information content (AvgIpc) is 2.67. The number of benzene rings is 2. The van der Waals surface area contributed by atoms with Crippen molar-refractivity contribution in [3.63, 3.8) is 0 Å². The molecule has 6 heteroatoms. The largest absolute Gasteiger partial charge is 0.497 e. The van der Waals surface area contributed by atoms with Crippen LogP contribution in [-0.2, 0) is 9.68 Å². The maximum atomic E-state index is 5.14. The summed E-state index contributed by atoms with van der Waals surface area (Å²) in [4.78, 5) is 10.3. The van der Waals surface area contributed by atoms with Gasteiger partial charge in [0.1, 0.15) is 11.5 Å². The number of ether oxygens (including phenoxy) is 2. The first kappa shape index (κ1) is 18.3. The van der Waals surface area contributed by atoms with E-state index in [1.807, 2.05) is 62.4 Å². The highest BCUT2D eigenvalue weighted by Gasteiger charge is 2.00. The van der Waals surface area contributed by atoms with Crippen molar-refractivity contribution in [3.8, 4) is 11.5 Å². The normalized spacial score (nSPS) is 11.8. The average molecular weight is 342 g/mol. The van der Waals surface area contributed by atoms with Gasteiger partial charge in [-0.3, -0.25) is 0 Å². The first-order chi connectivity index (χ1) is 12.1. The highest BCUT2D eigenvalue weighted by Crippen LogP contribution is 2.13. The second-order valence-corrected chi connectivity index (χ2v) is 5.19. The smallest absolute Gasteiger partial charge is 0.280 e. The molecule has 0 N–H and O–H groups in total. The lowest BCUT2D eigenvalue weighted by atomic mass is 10.1. The number of oxime groups is 2. The van der Waals surface area contributed by atoms with Gasteiger partial charge in [0, 0.05) is 0 Å². The van der Waals surface area contributed by atoms with Gasteiger partial charge in [-0.1, -0.05) is 10.3 Å². The van der Waals surface area contributed by atoms with Crippen LogP contribution in [0.15, 0.2) is 58.8 Å². The lowest BCUT2D eigenvalue weighted by Crippen LogP contribution is -2.00. The van der Waals surface area contributed by atoms with Gasteiger partial charge < -0.3 is 19.1 Å². The van der Waals surface area contributed by atoms with Crippen LogP contribution in [-0.4, -0.2) is 32.4 Å². The van der Waals surface area contributed by atoms with E-state index in [1.54, 1.807) is 14.2 Å². The van der Waals surface area contributed by atoms with Crippen LogP contribution in [0.2, 0.25) is 0 Å². The summed E-state index contributed by atoms with van der Waals surface area (Å²) >= 11 is 0. The fraction of sp³-hybridized carbons (Fsp3) is 0.263. The molecule has 0 saturated heterocycles.